The second-order valence-corrected chi connectivity index (χ2v) is 10.7. The van der Waals surface area contributed by atoms with Crippen LogP contribution in [0.25, 0.3) is 80.5 Å². The zero-order chi connectivity index (χ0) is 21.4. The molecule has 33 heavy (non-hydrogen) atoms. The van der Waals surface area contributed by atoms with E-state index in [-0.39, 0.29) is 0 Å². The third kappa shape index (κ3) is 1.83. The highest BCUT2D eigenvalue weighted by atomic mass is 127. The van der Waals surface area contributed by atoms with Gasteiger partial charge in [-0.2, -0.15) is 0 Å². The Kier molecular flexibility index (Phi) is 2.93. The minimum atomic E-state index is 0.944. The summed E-state index contributed by atoms with van der Waals surface area (Å²) in [7, 11) is 0. The molecule has 5 heteroatoms. The molecule has 0 unspecified atom stereocenters. The summed E-state index contributed by atoms with van der Waals surface area (Å²) in [5.74, 6) is 0. The fraction of sp³-hybridized carbons (Fsp3) is 0. The highest BCUT2D eigenvalue weighted by Crippen LogP contribution is 2.49. The van der Waals surface area contributed by atoms with Crippen LogP contribution in [0.15, 0.2) is 83.3 Å². The van der Waals surface area contributed by atoms with E-state index in [4.69, 9.17) is 4.42 Å². The van der Waals surface area contributed by atoms with Crippen molar-refractivity contribution in [2.45, 2.75) is 0 Å². The number of thiophene rings is 1. The van der Waals surface area contributed by atoms with E-state index in [1.54, 1.807) is 0 Å². The second-order valence-electron chi connectivity index (χ2n) is 8.73. The molecule has 5 heterocycles. The quantitative estimate of drug-likeness (QED) is 0.172. The van der Waals surface area contributed by atoms with E-state index in [2.05, 4.69) is 109 Å². The summed E-state index contributed by atoms with van der Waals surface area (Å²) in [5.41, 5.74) is 6.87. The first kappa shape index (κ1) is 17.2. The van der Waals surface area contributed by atoms with Gasteiger partial charge in [-0.05, 0) is 41.8 Å². The van der Waals surface area contributed by atoms with Crippen LogP contribution in [0.3, 0.4) is 0 Å². The molecular formula is C28H13IN2OS. The predicted molar refractivity (Wildman–Crippen MR) is 149 cm³/mol. The van der Waals surface area contributed by atoms with Gasteiger partial charge < -0.3 is 4.42 Å². The standard InChI is InChI=1S/C28H13IN2OS/c29-31-19-10-5-8-15-14-6-1-3-9-18(14)30-25-17(12-13-20(31)24(25)22(15)19)23-27-26(32-28(23)30)16-7-2-4-11-21(16)33-27/h1-13H. The van der Waals surface area contributed by atoms with Gasteiger partial charge in [-0.3, -0.25) is 7.18 Å². The Labute approximate surface area is 204 Å². The molecule has 0 amide bonds. The number of hydrogen-bond donors (Lipinski definition) is 0. The summed E-state index contributed by atoms with van der Waals surface area (Å²) < 4.78 is 13.9. The average Bonchev–Trinajstić information content (AvgIpc) is 3.53. The summed E-state index contributed by atoms with van der Waals surface area (Å²) in [5, 5.41) is 8.85. The SMILES string of the molecule is In1c2cccc3c4ccccc4n4c5oc6c7ccccc7sc6c5c5ccc1c(c32)c54. The lowest BCUT2D eigenvalue weighted by atomic mass is 10.0. The van der Waals surface area contributed by atoms with Crippen LogP contribution in [0, 0.1) is 0 Å². The van der Waals surface area contributed by atoms with E-state index in [9.17, 15) is 0 Å². The van der Waals surface area contributed by atoms with Crippen LogP contribution in [-0.2, 0) is 0 Å². The van der Waals surface area contributed by atoms with Crippen molar-refractivity contribution >= 4 is 115 Å². The maximum Gasteiger partial charge on any atom is 0.214 e. The summed E-state index contributed by atoms with van der Waals surface area (Å²) >= 11 is 4.28. The number of benzene rings is 4. The van der Waals surface area contributed by atoms with E-state index >= 15 is 0 Å². The third-order valence-corrected chi connectivity index (χ3v) is 9.40. The zero-order valence-electron chi connectivity index (χ0n) is 17.1. The molecule has 0 saturated heterocycles. The zero-order valence-corrected chi connectivity index (χ0v) is 20.1. The van der Waals surface area contributed by atoms with Gasteiger partial charge in [-0.1, -0.05) is 42.5 Å². The van der Waals surface area contributed by atoms with Crippen LogP contribution in [0.2, 0.25) is 0 Å². The van der Waals surface area contributed by atoms with Crippen molar-refractivity contribution in [3.05, 3.63) is 78.9 Å². The molecule has 0 aliphatic carbocycles. The Bertz CT molecular complexity index is 2260. The normalized spacial score (nSPS) is 13.0. The Hall–Kier alpha value is -3.29. The smallest absolute Gasteiger partial charge is 0.214 e. The number of rotatable bonds is 0. The molecule has 4 aromatic carbocycles. The van der Waals surface area contributed by atoms with Crippen molar-refractivity contribution in [2.75, 3.05) is 0 Å². The molecule has 154 valence electrons. The van der Waals surface area contributed by atoms with Gasteiger partial charge >= 0.3 is 0 Å². The lowest BCUT2D eigenvalue weighted by Crippen LogP contribution is -1.85. The molecular weight excluding hydrogens is 539 g/mol. The third-order valence-electron chi connectivity index (χ3n) is 7.19. The first-order valence-corrected chi connectivity index (χ1v) is 12.7. The second kappa shape index (κ2) is 5.61. The molecule has 0 bridgehead atoms. The molecule has 0 N–H and O–H groups in total. The average molecular weight is 552 g/mol. The fourth-order valence-corrected chi connectivity index (χ4v) is 7.89. The molecule has 9 rings (SSSR count). The van der Waals surface area contributed by atoms with Gasteiger partial charge in [0.15, 0.2) is 5.58 Å². The van der Waals surface area contributed by atoms with Crippen molar-refractivity contribution in [1.82, 2.24) is 7.18 Å². The number of aromatic nitrogens is 2. The monoisotopic (exact) mass is 552 g/mol. The van der Waals surface area contributed by atoms with Gasteiger partial charge in [-0.25, -0.2) is 0 Å². The van der Waals surface area contributed by atoms with Crippen molar-refractivity contribution in [3.8, 4) is 0 Å². The lowest BCUT2D eigenvalue weighted by Gasteiger charge is -2.02. The Morgan fingerprint density at radius 2 is 1.39 bits per heavy atom. The fourth-order valence-electron chi connectivity index (χ4n) is 5.90. The molecule has 0 fully saturated rings. The molecule has 0 radical (unpaired) electrons. The van der Waals surface area contributed by atoms with Gasteiger partial charge in [0.25, 0.3) is 0 Å². The molecule has 0 aliphatic heterocycles. The first-order valence-electron chi connectivity index (χ1n) is 10.9. The van der Waals surface area contributed by atoms with Crippen LogP contribution >= 0.6 is 34.2 Å². The molecule has 0 atom stereocenters. The number of furan rings is 1. The van der Waals surface area contributed by atoms with Crippen molar-refractivity contribution in [3.63, 3.8) is 0 Å². The summed E-state index contributed by atoms with van der Waals surface area (Å²) in [6, 6.07) is 28.5. The Morgan fingerprint density at radius 3 is 2.33 bits per heavy atom. The van der Waals surface area contributed by atoms with Gasteiger partial charge in [0.2, 0.25) is 5.71 Å². The van der Waals surface area contributed by atoms with E-state index in [1.165, 1.54) is 69.2 Å². The van der Waals surface area contributed by atoms with Gasteiger partial charge in [0.1, 0.15) is 0 Å². The largest absolute Gasteiger partial charge is 0.438 e. The van der Waals surface area contributed by atoms with E-state index in [0.29, 0.717) is 0 Å². The van der Waals surface area contributed by atoms with Crippen LogP contribution in [0.1, 0.15) is 0 Å². The number of hydrogen-bond acceptors (Lipinski definition) is 2. The highest BCUT2D eigenvalue weighted by molar-refractivity contribution is 14.1. The maximum atomic E-state index is 6.75. The topological polar surface area (TPSA) is 22.5 Å². The molecule has 9 aromatic rings. The van der Waals surface area contributed by atoms with Crippen LogP contribution in [0.5, 0.6) is 0 Å². The van der Waals surface area contributed by atoms with Crippen molar-refractivity contribution in [2.24, 2.45) is 0 Å². The number of fused-ring (bicyclic) bond motifs is 10. The molecule has 0 saturated carbocycles. The van der Waals surface area contributed by atoms with Crippen LogP contribution < -0.4 is 0 Å². The minimum Gasteiger partial charge on any atom is -0.438 e. The highest BCUT2D eigenvalue weighted by Gasteiger charge is 2.26. The van der Waals surface area contributed by atoms with Gasteiger partial charge in [-0.15, -0.1) is 11.3 Å². The molecule has 0 spiro atoms. The maximum absolute atomic E-state index is 6.75. The van der Waals surface area contributed by atoms with Gasteiger partial charge in [0.05, 0.1) is 55.0 Å². The minimum absolute atomic E-state index is 0.944. The molecule has 0 aliphatic rings. The van der Waals surface area contributed by atoms with Crippen LogP contribution in [-0.4, -0.2) is 7.18 Å². The first-order chi connectivity index (χ1) is 16.3. The molecule has 3 nitrogen and oxygen atoms in total. The van der Waals surface area contributed by atoms with E-state index < -0.39 is 0 Å². The Balaban J connectivity index is 1.73. The lowest BCUT2D eigenvalue weighted by molar-refractivity contribution is 0.655. The van der Waals surface area contributed by atoms with E-state index in [0.717, 1.165) is 11.3 Å². The van der Waals surface area contributed by atoms with Crippen molar-refractivity contribution in [1.29, 1.82) is 0 Å². The van der Waals surface area contributed by atoms with Crippen LogP contribution in [0.4, 0.5) is 0 Å². The Morgan fingerprint density at radius 1 is 0.636 bits per heavy atom. The van der Waals surface area contributed by atoms with E-state index in [1.807, 2.05) is 11.3 Å². The van der Waals surface area contributed by atoms with Gasteiger partial charge in [0, 0.05) is 31.6 Å². The number of para-hydroxylation sites is 1. The number of nitrogens with zero attached hydrogens (tertiary/aromatic N) is 2. The predicted octanol–water partition coefficient (Wildman–Crippen LogP) is 9.10. The summed E-state index contributed by atoms with van der Waals surface area (Å²) in [4.78, 5) is 0. The molecule has 5 aromatic heterocycles. The summed E-state index contributed by atoms with van der Waals surface area (Å²) in [6.07, 6.45) is 0. The summed E-state index contributed by atoms with van der Waals surface area (Å²) in [6.45, 7) is 0. The van der Waals surface area contributed by atoms with Crippen molar-refractivity contribution < 1.29 is 4.42 Å². The number of halogens is 1.